The number of likely N-dealkylation sites (tertiary alicyclic amines) is 1. The number of amides is 1. The largest absolute Gasteiger partial charge is 0.378 e. The molecule has 1 amide bonds. The molecule has 0 spiro atoms. The van der Waals surface area contributed by atoms with E-state index in [0.29, 0.717) is 37.1 Å². The zero-order chi connectivity index (χ0) is 28.5. The molecule has 3 atom stereocenters. The van der Waals surface area contributed by atoms with Crippen LogP contribution in [0.5, 0.6) is 0 Å². The molecular formula is C29H40N8O3S. The zero-order valence-corrected chi connectivity index (χ0v) is 25.0. The number of aromatic nitrogens is 3. The van der Waals surface area contributed by atoms with Gasteiger partial charge in [0.2, 0.25) is 0 Å². The lowest BCUT2D eigenvalue weighted by Gasteiger charge is -2.35. The van der Waals surface area contributed by atoms with Crippen molar-refractivity contribution < 1.29 is 13.7 Å². The second-order valence-electron chi connectivity index (χ2n) is 11.2. The first-order valence-corrected chi connectivity index (χ1v) is 16.1. The van der Waals surface area contributed by atoms with Crippen LogP contribution in [-0.4, -0.2) is 94.9 Å². The Morgan fingerprint density at radius 2 is 1.88 bits per heavy atom. The Bertz CT molecular complexity index is 1440. The van der Waals surface area contributed by atoms with Crippen molar-refractivity contribution in [3.8, 4) is 0 Å². The number of anilines is 3. The minimum atomic E-state index is -1.29. The molecule has 0 saturated carbocycles. The summed E-state index contributed by atoms with van der Waals surface area (Å²) in [6, 6.07) is 10.2. The molecule has 12 heteroatoms. The second-order valence-corrected chi connectivity index (χ2v) is 12.4. The van der Waals surface area contributed by atoms with Crippen molar-refractivity contribution in [3.63, 3.8) is 0 Å². The van der Waals surface area contributed by atoms with Crippen molar-refractivity contribution in [2.24, 2.45) is 0 Å². The predicted octanol–water partition coefficient (Wildman–Crippen LogP) is 2.75. The first-order valence-electron chi connectivity index (χ1n) is 14.6. The van der Waals surface area contributed by atoms with Gasteiger partial charge in [0.25, 0.3) is 5.91 Å². The molecule has 0 radical (unpaired) electrons. The number of carbonyl (C=O) groups is 1. The molecule has 5 heterocycles. The van der Waals surface area contributed by atoms with Gasteiger partial charge in [0.1, 0.15) is 22.6 Å². The maximum Gasteiger partial charge on any atom is 0.256 e. The Hall–Kier alpha value is -3.22. The number of benzene rings is 1. The van der Waals surface area contributed by atoms with E-state index in [4.69, 9.17) is 14.8 Å². The van der Waals surface area contributed by atoms with Gasteiger partial charge in [0.15, 0.2) is 5.65 Å². The fraction of sp³-hybridized carbons (Fsp3) is 0.552. The van der Waals surface area contributed by atoms with Crippen LogP contribution in [0.3, 0.4) is 0 Å². The van der Waals surface area contributed by atoms with Crippen LogP contribution in [0.4, 0.5) is 17.3 Å². The van der Waals surface area contributed by atoms with Crippen molar-refractivity contribution >= 4 is 39.9 Å². The number of morpholine rings is 1. The normalized spacial score (nSPS) is 22.4. The molecule has 3 saturated heterocycles. The summed E-state index contributed by atoms with van der Waals surface area (Å²) in [4.78, 5) is 25.7. The van der Waals surface area contributed by atoms with Gasteiger partial charge >= 0.3 is 0 Å². The third kappa shape index (κ3) is 5.77. The molecule has 0 aliphatic carbocycles. The number of hydrogen-bond donors (Lipinski definition) is 2. The molecule has 2 N–H and O–H groups in total. The standard InChI is InChI=1S/C29H40N8O3S/c1-20-7-8-23(33-41(3)39)22(16-20)29(38)36-10-5-4-6-25(36)24-17-27-31-26(35-11-9-21(19-35)30-2)18-28(37(27)32-24)34-12-14-40-15-13-34/h7-8,16-18,21,25,30,33H,4-6,9-15,19H2,1-3H3. The van der Waals surface area contributed by atoms with Crippen LogP contribution in [0.25, 0.3) is 5.65 Å². The first kappa shape index (κ1) is 27.9. The molecule has 11 nitrogen and oxygen atoms in total. The van der Waals surface area contributed by atoms with Gasteiger partial charge in [-0.2, -0.15) is 9.61 Å². The van der Waals surface area contributed by atoms with E-state index in [-0.39, 0.29) is 11.9 Å². The fourth-order valence-corrected chi connectivity index (χ4v) is 6.71. The summed E-state index contributed by atoms with van der Waals surface area (Å²) in [5.74, 6) is 1.90. The average Bonchev–Trinajstić information content (AvgIpc) is 3.65. The number of nitrogens with one attached hydrogen (secondary N) is 2. The van der Waals surface area contributed by atoms with Gasteiger partial charge in [-0.1, -0.05) is 11.6 Å². The molecule has 3 unspecified atom stereocenters. The van der Waals surface area contributed by atoms with Gasteiger partial charge in [-0.05, 0) is 51.8 Å². The summed E-state index contributed by atoms with van der Waals surface area (Å²) in [5, 5.41) is 8.51. The smallest absolute Gasteiger partial charge is 0.256 e. The molecule has 0 bridgehead atoms. The molecule has 1 aromatic carbocycles. The molecule has 220 valence electrons. The highest BCUT2D eigenvalue weighted by Crippen LogP contribution is 2.35. The van der Waals surface area contributed by atoms with Crippen molar-refractivity contribution in [1.82, 2.24) is 24.8 Å². The number of fused-ring (bicyclic) bond motifs is 1. The number of piperidine rings is 1. The van der Waals surface area contributed by atoms with Crippen molar-refractivity contribution in [3.05, 3.63) is 47.2 Å². The Morgan fingerprint density at radius 3 is 2.63 bits per heavy atom. The topological polar surface area (TPSA) is 107 Å². The summed E-state index contributed by atoms with van der Waals surface area (Å²) in [6.45, 7) is 7.44. The molecule has 2 aromatic heterocycles. The summed E-state index contributed by atoms with van der Waals surface area (Å²) < 4.78 is 22.5. The van der Waals surface area contributed by atoms with Gasteiger partial charge in [-0.25, -0.2) is 9.19 Å². The van der Waals surface area contributed by atoms with E-state index in [2.05, 4.69) is 32.0 Å². The highest BCUT2D eigenvalue weighted by molar-refractivity contribution is 7.85. The second kappa shape index (κ2) is 11.9. The zero-order valence-electron chi connectivity index (χ0n) is 24.1. The third-order valence-electron chi connectivity index (χ3n) is 8.43. The molecule has 6 rings (SSSR count). The van der Waals surface area contributed by atoms with E-state index in [0.717, 1.165) is 80.4 Å². The predicted molar refractivity (Wildman–Crippen MR) is 162 cm³/mol. The highest BCUT2D eigenvalue weighted by atomic mass is 32.2. The fourth-order valence-electron chi connectivity index (χ4n) is 6.23. The van der Waals surface area contributed by atoms with E-state index in [1.807, 2.05) is 41.6 Å². The number of carbonyl (C=O) groups excluding carboxylic acids is 1. The Balaban J connectivity index is 1.38. The lowest BCUT2D eigenvalue weighted by molar-refractivity contribution is 0.0606. The van der Waals surface area contributed by atoms with Crippen LogP contribution >= 0.6 is 0 Å². The Morgan fingerprint density at radius 1 is 1.05 bits per heavy atom. The third-order valence-corrected chi connectivity index (χ3v) is 8.94. The maximum atomic E-state index is 14.1. The lowest BCUT2D eigenvalue weighted by atomic mass is 9.97. The minimum Gasteiger partial charge on any atom is -0.378 e. The van der Waals surface area contributed by atoms with Crippen LogP contribution in [0.2, 0.25) is 0 Å². The van der Waals surface area contributed by atoms with Gasteiger partial charge < -0.3 is 29.5 Å². The number of hydrogen-bond acceptors (Lipinski definition) is 8. The highest BCUT2D eigenvalue weighted by Gasteiger charge is 2.33. The quantitative estimate of drug-likeness (QED) is 0.440. The van der Waals surface area contributed by atoms with Crippen molar-refractivity contribution in [2.45, 2.75) is 44.7 Å². The van der Waals surface area contributed by atoms with Crippen LogP contribution in [-0.2, 0) is 15.7 Å². The summed E-state index contributed by atoms with van der Waals surface area (Å²) in [7, 11) is 0.727. The van der Waals surface area contributed by atoms with E-state index in [1.54, 1.807) is 6.26 Å². The van der Waals surface area contributed by atoms with Crippen LogP contribution in [0.1, 0.15) is 53.3 Å². The maximum absolute atomic E-state index is 14.1. The molecule has 3 fully saturated rings. The number of aryl methyl sites for hydroxylation is 1. The van der Waals surface area contributed by atoms with Gasteiger partial charge in [0.05, 0.1) is 36.2 Å². The van der Waals surface area contributed by atoms with Crippen molar-refractivity contribution in [1.29, 1.82) is 0 Å². The number of likely N-dealkylation sites (N-methyl/N-ethyl adjacent to an activating group) is 1. The van der Waals surface area contributed by atoms with Gasteiger partial charge in [-0.3, -0.25) is 4.79 Å². The Kier molecular flexibility index (Phi) is 8.14. The SMILES string of the molecule is CNC1CCN(c2cc(N3CCOCC3)n3nc(C4CCCCN4C(=O)c4cc(C)ccc4NS(C)=O)cc3n2)C1. The monoisotopic (exact) mass is 580 g/mol. The molecule has 3 aliphatic rings. The average molecular weight is 581 g/mol. The number of nitrogens with zero attached hydrogens (tertiary/aromatic N) is 6. The summed E-state index contributed by atoms with van der Waals surface area (Å²) >= 11 is 0. The van der Waals surface area contributed by atoms with E-state index >= 15 is 0 Å². The molecule has 41 heavy (non-hydrogen) atoms. The number of rotatable bonds is 7. The van der Waals surface area contributed by atoms with Crippen LogP contribution in [0, 0.1) is 6.92 Å². The lowest BCUT2D eigenvalue weighted by Crippen LogP contribution is -2.39. The van der Waals surface area contributed by atoms with Crippen LogP contribution < -0.4 is 19.8 Å². The molecular weight excluding hydrogens is 540 g/mol. The van der Waals surface area contributed by atoms with Crippen LogP contribution in [0.15, 0.2) is 30.3 Å². The number of ether oxygens (including phenoxy) is 1. The van der Waals surface area contributed by atoms with Gasteiger partial charge in [0, 0.05) is 57.2 Å². The summed E-state index contributed by atoms with van der Waals surface area (Å²) in [6.07, 6.45) is 5.45. The van der Waals surface area contributed by atoms with Gasteiger partial charge in [-0.15, -0.1) is 0 Å². The van der Waals surface area contributed by atoms with Crippen molar-refractivity contribution in [2.75, 3.05) is 73.8 Å². The van der Waals surface area contributed by atoms with E-state index < -0.39 is 11.0 Å². The summed E-state index contributed by atoms with van der Waals surface area (Å²) in [5.41, 5.74) is 3.76. The molecule has 3 aromatic rings. The minimum absolute atomic E-state index is 0.0689. The Labute approximate surface area is 243 Å². The van der Waals surface area contributed by atoms with E-state index in [1.165, 1.54) is 0 Å². The first-order chi connectivity index (χ1) is 19.9. The van der Waals surface area contributed by atoms with E-state index in [9.17, 15) is 9.00 Å². The molecule has 3 aliphatic heterocycles.